The van der Waals surface area contributed by atoms with Gasteiger partial charge in [0, 0.05) is 25.6 Å². The molecule has 2 heterocycles. The fourth-order valence-electron chi connectivity index (χ4n) is 2.75. The Morgan fingerprint density at radius 3 is 3.00 bits per heavy atom. The summed E-state index contributed by atoms with van der Waals surface area (Å²) in [5.74, 6) is -0.467. The van der Waals surface area contributed by atoms with Gasteiger partial charge in [0.05, 0.1) is 12.5 Å². The van der Waals surface area contributed by atoms with Crippen molar-refractivity contribution in [1.29, 1.82) is 0 Å². The zero-order valence-corrected chi connectivity index (χ0v) is 11.6. The van der Waals surface area contributed by atoms with Gasteiger partial charge < -0.3 is 14.7 Å². The highest BCUT2D eigenvalue weighted by atomic mass is 16.5. The molecule has 1 amide bonds. The lowest BCUT2D eigenvalue weighted by atomic mass is 10.1. The Balaban J connectivity index is 1.63. The molecule has 2 aliphatic rings. The number of carboxylic acid groups (broad SMARTS) is 1. The quantitative estimate of drug-likeness (QED) is 0.857. The van der Waals surface area contributed by atoms with Crippen LogP contribution in [-0.2, 0) is 16.0 Å². The number of likely N-dealkylation sites (tertiary alicyclic amines) is 1. The molecule has 0 aromatic heterocycles. The lowest BCUT2D eigenvalue weighted by Gasteiger charge is -2.12. The number of hydrogen-bond acceptors (Lipinski definition) is 3. The van der Waals surface area contributed by atoms with Crippen LogP contribution in [0.25, 0.3) is 6.08 Å². The molecule has 0 spiro atoms. The van der Waals surface area contributed by atoms with Crippen LogP contribution in [0.5, 0.6) is 5.75 Å². The van der Waals surface area contributed by atoms with Crippen LogP contribution in [0.4, 0.5) is 0 Å². The number of aliphatic carboxylic acids is 1. The minimum absolute atomic E-state index is 0.129. The topological polar surface area (TPSA) is 66.8 Å². The van der Waals surface area contributed by atoms with E-state index in [2.05, 4.69) is 0 Å². The van der Waals surface area contributed by atoms with Crippen LogP contribution in [0.15, 0.2) is 24.3 Å². The monoisotopic (exact) mass is 287 g/mol. The molecule has 2 aliphatic heterocycles. The lowest BCUT2D eigenvalue weighted by Crippen LogP contribution is -2.28. The van der Waals surface area contributed by atoms with Gasteiger partial charge in [0.2, 0.25) is 5.91 Å². The van der Waals surface area contributed by atoms with Crippen LogP contribution in [0.3, 0.4) is 0 Å². The van der Waals surface area contributed by atoms with E-state index in [1.807, 2.05) is 18.2 Å². The number of amides is 1. The minimum atomic E-state index is -0.826. The average molecular weight is 287 g/mol. The second kappa shape index (κ2) is 5.60. The van der Waals surface area contributed by atoms with Crippen molar-refractivity contribution in [1.82, 2.24) is 4.90 Å². The summed E-state index contributed by atoms with van der Waals surface area (Å²) in [5.41, 5.74) is 2.12. The Labute approximate surface area is 122 Å². The third-order valence-electron chi connectivity index (χ3n) is 3.98. The summed E-state index contributed by atoms with van der Waals surface area (Å²) in [7, 11) is 0. The number of carbonyl (C=O) groups is 2. The van der Waals surface area contributed by atoms with Crippen molar-refractivity contribution >= 4 is 18.0 Å². The minimum Gasteiger partial charge on any atom is -0.493 e. The summed E-state index contributed by atoms with van der Waals surface area (Å²) in [4.78, 5) is 24.5. The second-order valence-electron chi connectivity index (χ2n) is 5.41. The molecule has 21 heavy (non-hydrogen) atoms. The number of carbonyl (C=O) groups excluding carboxylic acids is 1. The van der Waals surface area contributed by atoms with Crippen LogP contribution in [-0.4, -0.2) is 41.6 Å². The van der Waals surface area contributed by atoms with Crippen LogP contribution >= 0.6 is 0 Å². The standard InChI is InChI=1S/C16H17NO4/c18-15(17-7-5-13(10-17)16(19)20)4-2-11-1-3-14-12(9-11)6-8-21-14/h1-4,9,13H,5-8,10H2,(H,19,20). The van der Waals surface area contributed by atoms with Crippen LogP contribution < -0.4 is 4.74 Å². The van der Waals surface area contributed by atoms with E-state index in [4.69, 9.17) is 9.84 Å². The highest BCUT2D eigenvalue weighted by molar-refractivity contribution is 5.92. The molecular formula is C16H17NO4. The van der Waals surface area contributed by atoms with Crippen LogP contribution in [0.1, 0.15) is 17.5 Å². The van der Waals surface area contributed by atoms with Crippen molar-refractivity contribution in [3.8, 4) is 5.75 Å². The van der Waals surface area contributed by atoms with Crippen molar-refractivity contribution in [2.75, 3.05) is 19.7 Å². The molecule has 5 nitrogen and oxygen atoms in total. The zero-order valence-electron chi connectivity index (χ0n) is 11.6. The first-order valence-corrected chi connectivity index (χ1v) is 7.09. The number of nitrogens with zero attached hydrogens (tertiary/aromatic N) is 1. The van der Waals surface area contributed by atoms with Crippen molar-refractivity contribution in [3.05, 3.63) is 35.4 Å². The normalized spacial score (nSPS) is 20.6. The van der Waals surface area contributed by atoms with Crippen LogP contribution in [0, 0.1) is 5.92 Å². The maximum absolute atomic E-state index is 12.0. The van der Waals surface area contributed by atoms with Gasteiger partial charge in [-0.2, -0.15) is 0 Å². The molecule has 5 heteroatoms. The Bertz CT molecular complexity index is 608. The number of carboxylic acids is 1. The molecule has 0 saturated carbocycles. The number of fused-ring (bicyclic) bond motifs is 1. The number of hydrogen-bond donors (Lipinski definition) is 1. The van der Waals surface area contributed by atoms with E-state index in [-0.39, 0.29) is 5.91 Å². The molecule has 1 saturated heterocycles. The molecule has 1 fully saturated rings. The van der Waals surface area contributed by atoms with Gasteiger partial charge in [-0.1, -0.05) is 6.07 Å². The third-order valence-corrected chi connectivity index (χ3v) is 3.98. The summed E-state index contributed by atoms with van der Waals surface area (Å²) in [6.45, 7) is 1.53. The summed E-state index contributed by atoms with van der Waals surface area (Å²) >= 11 is 0. The molecule has 1 aromatic carbocycles. The van der Waals surface area contributed by atoms with E-state index in [1.165, 1.54) is 6.08 Å². The van der Waals surface area contributed by atoms with Crippen molar-refractivity contribution in [2.45, 2.75) is 12.8 Å². The van der Waals surface area contributed by atoms with Crippen LogP contribution in [0.2, 0.25) is 0 Å². The predicted molar refractivity (Wildman–Crippen MR) is 77.0 cm³/mol. The number of ether oxygens (including phenoxy) is 1. The summed E-state index contributed by atoms with van der Waals surface area (Å²) in [6.07, 6.45) is 4.72. The SMILES string of the molecule is O=C(O)C1CCN(C(=O)C=Cc2ccc3c(c2)CCO3)C1. The third kappa shape index (κ3) is 2.91. The van der Waals surface area contributed by atoms with Crippen molar-refractivity contribution < 1.29 is 19.4 Å². The molecule has 1 N–H and O–H groups in total. The average Bonchev–Trinajstić information content (AvgIpc) is 3.12. The highest BCUT2D eigenvalue weighted by Gasteiger charge is 2.29. The molecule has 1 unspecified atom stereocenters. The molecule has 3 rings (SSSR count). The van der Waals surface area contributed by atoms with Crippen molar-refractivity contribution in [3.63, 3.8) is 0 Å². The lowest BCUT2D eigenvalue weighted by molar-refractivity contribution is -0.141. The van der Waals surface area contributed by atoms with E-state index >= 15 is 0 Å². The predicted octanol–water partition coefficient (Wildman–Crippen LogP) is 1.57. The summed E-state index contributed by atoms with van der Waals surface area (Å²) < 4.78 is 5.44. The Morgan fingerprint density at radius 1 is 1.38 bits per heavy atom. The summed E-state index contributed by atoms with van der Waals surface area (Å²) in [6, 6.07) is 5.86. The van der Waals surface area contributed by atoms with E-state index in [1.54, 1.807) is 11.0 Å². The zero-order chi connectivity index (χ0) is 14.8. The van der Waals surface area contributed by atoms with Gasteiger partial charge in [0.15, 0.2) is 0 Å². The molecule has 0 bridgehead atoms. The van der Waals surface area contributed by atoms with Gasteiger partial charge in [-0.05, 0) is 35.8 Å². The Hall–Kier alpha value is -2.30. The van der Waals surface area contributed by atoms with Gasteiger partial charge in [0.1, 0.15) is 5.75 Å². The smallest absolute Gasteiger partial charge is 0.308 e. The van der Waals surface area contributed by atoms with E-state index in [0.717, 1.165) is 23.3 Å². The second-order valence-corrected chi connectivity index (χ2v) is 5.41. The Kier molecular flexibility index (Phi) is 3.64. The molecular weight excluding hydrogens is 270 g/mol. The largest absolute Gasteiger partial charge is 0.493 e. The highest BCUT2D eigenvalue weighted by Crippen LogP contribution is 2.26. The Morgan fingerprint density at radius 2 is 2.24 bits per heavy atom. The number of benzene rings is 1. The maximum Gasteiger partial charge on any atom is 0.308 e. The van der Waals surface area contributed by atoms with Gasteiger partial charge in [-0.15, -0.1) is 0 Å². The first-order valence-electron chi connectivity index (χ1n) is 7.09. The number of rotatable bonds is 3. The molecule has 1 atom stereocenters. The van der Waals surface area contributed by atoms with E-state index in [0.29, 0.717) is 26.1 Å². The van der Waals surface area contributed by atoms with Gasteiger partial charge in [-0.25, -0.2) is 0 Å². The molecule has 0 aliphatic carbocycles. The van der Waals surface area contributed by atoms with Gasteiger partial charge in [0.25, 0.3) is 0 Å². The molecule has 0 radical (unpaired) electrons. The maximum atomic E-state index is 12.0. The fraction of sp³-hybridized carbons (Fsp3) is 0.375. The molecule has 1 aromatic rings. The van der Waals surface area contributed by atoms with Gasteiger partial charge in [-0.3, -0.25) is 9.59 Å². The van der Waals surface area contributed by atoms with Gasteiger partial charge >= 0.3 is 5.97 Å². The summed E-state index contributed by atoms with van der Waals surface area (Å²) in [5, 5.41) is 8.94. The van der Waals surface area contributed by atoms with E-state index < -0.39 is 11.9 Å². The first kappa shape index (κ1) is 13.7. The van der Waals surface area contributed by atoms with Crippen molar-refractivity contribution in [2.24, 2.45) is 5.92 Å². The van der Waals surface area contributed by atoms with E-state index in [9.17, 15) is 9.59 Å². The molecule has 110 valence electrons. The fourth-order valence-corrected chi connectivity index (χ4v) is 2.75. The first-order chi connectivity index (χ1) is 10.1.